The van der Waals surface area contributed by atoms with E-state index in [0.717, 1.165) is 25.8 Å². The minimum absolute atomic E-state index is 0.206. The molecule has 0 fully saturated rings. The second-order valence-corrected chi connectivity index (χ2v) is 5.65. The summed E-state index contributed by atoms with van der Waals surface area (Å²) in [4.78, 5) is 11.9. The highest BCUT2D eigenvalue weighted by molar-refractivity contribution is 9.09. The van der Waals surface area contributed by atoms with Gasteiger partial charge in [-0.05, 0) is 12.8 Å². The fraction of sp³-hybridized carbons (Fsp3) is 0.923. The number of rotatable bonds is 10. The lowest BCUT2D eigenvalue weighted by Gasteiger charge is -2.09. The quantitative estimate of drug-likeness (QED) is 0.478. The van der Waals surface area contributed by atoms with E-state index >= 15 is 0 Å². The number of carbonyl (C=O) groups is 1. The number of unbranched alkanes of at least 4 members (excludes halogenated alkanes) is 4. The van der Waals surface area contributed by atoms with Crippen LogP contribution in [0.15, 0.2) is 0 Å². The van der Waals surface area contributed by atoms with Crippen LogP contribution in [0.2, 0.25) is 0 Å². The van der Waals surface area contributed by atoms with Gasteiger partial charge in [0.1, 0.15) is 0 Å². The van der Waals surface area contributed by atoms with Gasteiger partial charge in [-0.25, -0.2) is 0 Å². The summed E-state index contributed by atoms with van der Waals surface area (Å²) in [5.41, 5.74) is 0. The molecular weight excluding hydrogens is 266 g/mol. The van der Waals surface area contributed by atoms with Gasteiger partial charge >= 0.3 is 0 Å². The minimum Gasteiger partial charge on any atom is -0.355 e. The molecule has 1 unspecified atom stereocenters. The molecule has 0 aromatic rings. The average molecular weight is 292 g/mol. The number of hydrogen-bond acceptors (Lipinski definition) is 1. The number of amides is 1. The van der Waals surface area contributed by atoms with Crippen molar-refractivity contribution >= 4 is 21.8 Å². The normalized spacial score (nSPS) is 12.4. The molecular formula is C13H26BrNO. The summed E-state index contributed by atoms with van der Waals surface area (Å²) in [6, 6.07) is 0. The van der Waals surface area contributed by atoms with Gasteiger partial charge in [-0.1, -0.05) is 61.9 Å². The number of alkyl halides is 1. The largest absolute Gasteiger partial charge is 0.355 e. The van der Waals surface area contributed by atoms with Crippen LogP contribution in [-0.4, -0.2) is 17.3 Å². The molecule has 0 rings (SSSR count). The van der Waals surface area contributed by atoms with E-state index < -0.39 is 0 Å². The molecule has 2 nitrogen and oxygen atoms in total. The molecule has 96 valence electrons. The summed E-state index contributed by atoms with van der Waals surface area (Å²) < 4.78 is 0. The lowest BCUT2D eigenvalue weighted by Crippen LogP contribution is -2.29. The van der Waals surface area contributed by atoms with E-state index in [0.29, 0.717) is 11.2 Å². The monoisotopic (exact) mass is 291 g/mol. The lowest BCUT2D eigenvalue weighted by atomic mass is 10.1. The Morgan fingerprint density at radius 3 is 2.44 bits per heavy atom. The van der Waals surface area contributed by atoms with Gasteiger partial charge in [-0.15, -0.1) is 0 Å². The number of hydrogen-bond donors (Lipinski definition) is 1. The highest BCUT2D eigenvalue weighted by Crippen LogP contribution is 2.07. The van der Waals surface area contributed by atoms with Crippen LogP contribution in [0.3, 0.4) is 0 Å². The Morgan fingerprint density at radius 2 is 1.81 bits per heavy atom. The molecule has 0 spiro atoms. The standard InChI is InChI=1S/C13H26BrNO/c1-3-5-6-7-8-10-13(16)15-11-12(14)9-4-2/h12H,3-11H2,1-2H3,(H,15,16). The first-order chi connectivity index (χ1) is 7.70. The fourth-order valence-corrected chi connectivity index (χ4v) is 2.24. The Morgan fingerprint density at radius 1 is 1.12 bits per heavy atom. The van der Waals surface area contributed by atoms with Crippen molar-refractivity contribution in [2.24, 2.45) is 0 Å². The third-order valence-corrected chi connectivity index (χ3v) is 3.41. The van der Waals surface area contributed by atoms with Gasteiger partial charge in [0.05, 0.1) is 0 Å². The molecule has 0 heterocycles. The third-order valence-electron chi connectivity index (χ3n) is 2.63. The van der Waals surface area contributed by atoms with E-state index in [4.69, 9.17) is 0 Å². The van der Waals surface area contributed by atoms with E-state index in [1.807, 2.05) is 0 Å². The van der Waals surface area contributed by atoms with Gasteiger partial charge in [-0.2, -0.15) is 0 Å². The van der Waals surface area contributed by atoms with Gasteiger partial charge in [-0.3, -0.25) is 4.79 Å². The van der Waals surface area contributed by atoms with Crippen LogP contribution in [0.1, 0.15) is 65.2 Å². The first kappa shape index (κ1) is 16.0. The smallest absolute Gasteiger partial charge is 0.220 e. The van der Waals surface area contributed by atoms with Crippen molar-refractivity contribution in [3.63, 3.8) is 0 Å². The van der Waals surface area contributed by atoms with Crippen LogP contribution in [0.5, 0.6) is 0 Å². The van der Waals surface area contributed by atoms with Crippen LogP contribution in [-0.2, 0) is 4.79 Å². The molecule has 0 aromatic heterocycles. The Hall–Kier alpha value is -0.0500. The average Bonchev–Trinajstić information content (AvgIpc) is 2.26. The summed E-state index contributed by atoms with van der Waals surface area (Å²) in [5.74, 6) is 0.206. The second-order valence-electron chi connectivity index (χ2n) is 4.35. The molecule has 0 aliphatic heterocycles. The Kier molecular flexibility index (Phi) is 11.4. The van der Waals surface area contributed by atoms with Crippen LogP contribution < -0.4 is 5.32 Å². The Bertz CT molecular complexity index is 173. The van der Waals surface area contributed by atoms with Gasteiger partial charge in [0.25, 0.3) is 0 Å². The highest BCUT2D eigenvalue weighted by Gasteiger charge is 2.05. The lowest BCUT2D eigenvalue weighted by molar-refractivity contribution is -0.121. The number of halogens is 1. The van der Waals surface area contributed by atoms with Crippen LogP contribution >= 0.6 is 15.9 Å². The second kappa shape index (κ2) is 11.4. The van der Waals surface area contributed by atoms with E-state index in [2.05, 4.69) is 35.1 Å². The first-order valence-corrected chi connectivity index (χ1v) is 7.53. The summed E-state index contributed by atoms with van der Waals surface area (Å²) in [6.45, 7) is 5.13. The zero-order valence-corrected chi connectivity index (χ0v) is 12.3. The molecule has 3 heteroatoms. The van der Waals surface area contributed by atoms with Crippen molar-refractivity contribution in [1.82, 2.24) is 5.32 Å². The highest BCUT2D eigenvalue weighted by atomic mass is 79.9. The number of carbonyl (C=O) groups excluding carboxylic acids is 1. The van der Waals surface area contributed by atoms with Crippen molar-refractivity contribution < 1.29 is 4.79 Å². The van der Waals surface area contributed by atoms with E-state index in [1.165, 1.54) is 25.7 Å². The molecule has 0 saturated heterocycles. The SMILES string of the molecule is CCCCCCCC(=O)NCC(Br)CCC. The minimum atomic E-state index is 0.206. The molecule has 0 saturated carbocycles. The molecule has 0 aliphatic carbocycles. The topological polar surface area (TPSA) is 29.1 Å². The van der Waals surface area contributed by atoms with Gasteiger partial charge in [0.15, 0.2) is 0 Å². The van der Waals surface area contributed by atoms with Crippen molar-refractivity contribution in [3.8, 4) is 0 Å². The van der Waals surface area contributed by atoms with Crippen molar-refractivity contribution in [2.45, 2.75) is 70.0 Å². The molecule has 1 amide bonds. The predicted molar refractivity (Wildman–Crippen MR) is 74.0 cm³/mol. The summed E-state index contributed by atoms with van der Waals surface area (Å²) in [7, 11) is 0. The summed E-state index contributed by atoms with van der Waals surface area (Å²) in [6.07, 6.45) is 9.01. The Balaban J connectivity index is 3.30. The predicted octanol–water partition coefficient (Wildman–Crippen LogP) is 4.03. The summed E-state index contributed by atoms with van der Waals surface area (Å²) >= 11 is 3.55. The van der Waals surface area contributed by atoms with E-state index in [-0.39, 0.29) is 5.91 Å². The molecule has 16 heavy (non-hydrogen) atoms. The van der Waals surface area contributed by atoms with Gasteiger partial charge < -0.3 is 5.32 Å². The van der Waals surface area contributed by atoms with Gasteiger partial charge in [0, 0.05) is 17.8 Å². The molecule has 1 N–H and O–H groups in total. The molecule has 0 radical (unpaired) electrons. The zero-order valence-electron chi connectivity index (χ0n) is 10.7. The molecule has 0 aliphatic rings. The van der Waals surface area contributed by atoms with Crippen LogP contribution in [0.4, 0.5) is 0 Å². The van der Waals surface area contributed by atoms with Gasteiger partial charge in [0.2, 0.25) is 5.91 Å². The number of nitrogens with one attached hydrogen (secondary N) is 1. The first-order valence-electron chi connectivity index (χ1n) is 6.61. The third kappa shape index (κ3) is 10.5. The maximum Gasteiger partial charge on any atom is 0.220 e. The van der Waals surface area contributed by atoms with E-state index in [9.17, 15) is 4.79 Å². The maximum atomic E-state index is 11.5. The fourth-order valence-electron chi connectivity index (χ4n) is 1.62. The summed E-state index contributed by atoms with van der Waals surface area (Å²) in [5, 5.41) is 2.97. The molecule has 1 atom stereocenters. The molecule has 0 bridgehead atoms. The van der Waals surface area contributed by atoms with Crippen LogP contribution in [0.25, 0.3) is 0 Å². The van der Waals surface area contributed by atoms with E-state index in [1.54, 1.807) is 0 Å². The zero-order chi connectivity index (χ0) is 12.2. The van der Waals surface area contributed by atoms with Crippen molar-refractivity contribution in [1.29, 1.82) is 0 Å². The van der Waals surface area contributed by atoms with Crippen molar-refractivity contribution in [2.75, 3.05) is 6.54 Å². The molecule has 0 aromatic carbocycles. The maximum absolute atomic E-state index is 11.5. The van der Waals surface area contributed by atoms with Crippen molar-refractivity contribution in [3.05, 3.63) is 0 Å². The Labute approximate surface area is 109 Å². The van der Waals surface area contributed by atoms with Crippen LogP contribution in [0, 0.1) is 0 Å².